The van der Waals surface area contributed by atoms with Crippen LogP contribution < -0.4 is 5.32 Å². The topological polar surface area (TPSA) is 42.2 Å². The third-order valence-corrected chi connectivity index (χ3v) is 5.25. The van der Waals surface area contributed by atoms with Crippen LogP contribution in [0.25, 0.3) is 16.9 Å². The summed E-state index contributed by atoms with van der Waals surface area (Å²) in [5.41, 5.74) is 1.98. The number of nitrogens with zero attached hydrogens (tertiary/aromatic N) is 3. The second-order valence-corrected chi connectivity index (χ2v) is 7.50. The van der Waals surface area contributed by atoms with Gasteiger partial charge in [-0.3, -0.25) is 4.40 Å². The van der Waals surface area contributed by atoms with Crippen molar-refractivity contribution in [3.05, 3.63) is 81.7 Å². The summed E-state index contributed by atoms with van der Waals surface area (Å²) >= 11 is 9.77. The lowest BCUT2D eigenvalue weighted by Crippen LogP contribution is -2.07. The van der Waals surface area contributed by atoms with Crippen LogP contribution in [0.2, 0.25) is 5.02 Å². The van der Waals surface area contributed by atoms with E-state index in [9.17, 15) is 13.2 Å². The normalized spacial score (nSPS) is 11.8. The predicted octanol–water partition coefficient (Wildman–Crippen LogP) is 6.44. The summed E-state index contributed by atoms with van der Waals surface area (Å²) in [6.45, 7) is 0.289. The van der Waals surface area contributed by atoms with Gasteiger partial charge in [0, 0.05) is 18.3 Å². The van der Waals surface area contributed by atoms with E-state index < -0.39 is 11.7 Å². The van der Waals surface area contributed by atoms with Crippen LogP contribution in [0.5, 0.6) is 0 Å². The molecule has 0 aliphatic carbocycles. The molecule has 0 amide bonds. The number of alkyl halides is 3. The Morgan fingerprint density at radius 1 is 1.07 bits per heavy atom. The average molecular weight is 482 g/mol. The molecule has 4 aromatic rings. The lowest BCUT2D eigenvalue weighted by Gasteiger charge is -2.12. The van der Waals surface area contributed by atoms with E-state index in [0.717, 1.165) is 22.3 Å². The van der Waals surface area contributed by atoms with Crippen molar-refractivity contribution in [2.45, 2.75) is 12.7 Å². The minimum atomic E-state index is -4.36. The van der Waals surface area contributed by atoms with E-state index in [1.807, 2.05) is 28.8 Å². The smallest absolute Gasteiger partial charge is 0.363 e. The molecular weight excluding hydrogens is 469 g/mol. The van der Waals surface area contributed by atoms with Gasteiger partial charge in [-0.1, -0.05) is 41.9 Å². The van der Waals surface area contributed by atoms with Gasteiger partial charge in [0.25, 0.3) is 0 Å². The molecular formula is C20H13BrClF3N4. The zero-order valence-electron chi connectivity index (χ0n) is 14.7. The van der Waals surface area contributed by atoms with E-state index in [2.05, 4.69) is 31.2 Å². The minimum Gasteiger partial charge on any atom is -0.363 e. The molecule has 2 aromatic carbocycles. The predicted molar refractivity (Wildman–Crippen MR) is 110 cm³/mol. The molecule has 1 N–H and O–H groups in total. The Morgan fingerprint density at radius 2 is 1.79 bits per heavy atom. The van der Waals surface area contributed by atoms with Crippen LogP contribution in [-0.4, -0.2) is 14.4 Å². The van der Waals surface area contributed by atoms with E-state index in [1.54, 1.807) is 12.3 Å². The van der Waals surface area contributed by atoms with Crippen LogP contribution in [0.4, 0.5) is 19.0 Å². The van der Waals surface area contributed by atoms with Crippen molar-refractivity contribution < 1.29 is 13.2 Å². The number of fused-ring (bicyclic) bond motifs is 1. The third kappa shape index (κ3) is 4.09. The maximum absolute atomic E-state index is 12.7. The second-order valence-electron chi connectivity index (χ2n) is 6.28. The number of benzene rings is 2. The van der Waals surface area contributed by atoms with E-state index >= 15 is 0 Å². The first kappa shape index (κ1) is 19.7. The Bertz CT molecular complexity index is 1170. The van der Waals surface area contributed by atoms with Crippen LogP contribution in [0.3, 0.4) is 0 Å². The Kier molecular flexibility index (Phi) is 5.23. The van der Waals surface area contributed by atoms with E-state index in [-0.39, 0.29) is 6.54 Å². The number of hydrogen-bond acceptors (Lipinski definition) is 3. The molecule has 0 unspecified atom stereocenters. The lowest BCUT2D eigenvalue weighted by atomic mass is 10.1. The van der Waals surface area contributed by atoms with E-state index in [1.165, 1.54) is 12.1 Å². The van der Waals surface area contributed by atoms with Gasteiger partial charge >= 0.3 is 6.18 Å². The number of hydrogen-bond donors (Lipinski definition) is 1. The molecule has 0 aliphatic rings. The fourth-order valence-electron chi connectivity index (χ4n) is 2.87. The highest BCUT2D eigenvalue weighted by Gasteiger charge is 2.29. The van der Waals surface area contributed by atoms with Gasteiger partial charge in [-0.2, -0.15) is 13.2 Å². The van der Waals surface area contributed by atoms with Gasteiger partial charge in [0.15, 0.2) is 11.5 Å². The maximum Gasteiger partial charge on any atom is 0.416 e. The molecule has 0 bridgehead atoms. The molecule has 4 nitrogen and oxygen atoms in total. The fraction of sp³-hybridized carbons (Fsp3) is 0.100. The summed E-state index contributed by atoms with van der Waals surface area (Å²) in [6, 6.07) is 12.3. The Morgan fingerprint density at radius 3 is 2.48 bits per heavy atom. The van der Waals surface area contributed by atoms with Crippen molar-refractivity contribution in [1.29, 1.82) is 0 Å². The van der Waals surface area contributed by atoms with Crippen molar-refractivity contribution in [2.75, 3.05) is 5.32 Å². The Hall–Kier alpha value is -2.58. The quantitative estimate of drug-likeness (QED) is 0.365. The molecule has 0 atom stereocenters. The van der Waals surface area contributed by atoms with Crippen molar-refractivity contribution >= 4 is 39.0 Å². The molecule has 148 valence electrons. The summed E-state index contributed by atoms with van der Waals surface area (Å²) in [4.78, 5) is 8.98. The first-order chi connectivity index (χ1) is 13.8. The molecule has 9 heteroatoms. The summed E-state index contributed by atoms with van der Waals surface area (Å²) in [5, 5.41) is 3.73. The first-order valence-electron chi connectivity index (χ1n) is 8.51. The molecule has 29 heavy (non-hydrogen) atoms. The molecule has 0 fully saturated rings. The zero-order chi connectivity index (χ0) is 20.6. The minimum absolute atomic E-state index is 0.289. The SMILES string of the molecule is FC(F)(F)c1ccc(CNc2nc(-c3ccccc3Cl)cn3c(Br)cnc23)cc1. The summed E-state index contributed by atoms with van der Waals surface area (Å²) < 4.78 is 40.8. The van der Waals surface area contributed by atoms with Crippen LogP contribution in [0.1, 0.15) is 11.1 Å². The van der Waals surface area contributed by atoms with Crippen molar-refractivity contribution in [2.24, 2.45) is 0 Å². The van der Waals surface area contributed by atoms with Gasteiger partial charge in [-0.25, -0.2) is 9.97 Å². The zero-order valence-corrected chi connectivity index (χ0v) is 17.1. The Labute approximate surface area is 177 Å². The number of aromatic nitrogens is 3. The third-order valence-electron chi connectivity index (χ3n) is 4.34. The van der Waals surface area contributed by atoms with Crippen LogP contribution in [-0.2, 0) is 12.7 Å². The van der Waals surface area contributed by atoms with Crippen LogP contribution in [0.15, 0.2) is 65.5 Å². The standard InChI is InChI=1S/C20H13BrClF3N4/c21-17-10-27-19-18(26-9-12-5-7-13(8-6-12)20(23,24)25)28-16(11-29(17)19)14-3-1-2-4-15(14)22/h1-8,10-11H,9H2,(H,26,28). The van der Waals surface area contributed by atoms with E-state index in [4.69, 9.17) is 11.6 Å². The van der Waals surface area contributed by atoms with Crippen molar-refractivity contribution in [3.63, 3.8) is 0 Å². The number of rotatable bonds is 4. The van der Waals surface area contributed by atoms with Gasteiger partial charge in [0.2, 0.25) is 0 Å². The number of imidazole rings is 1. The monoisotopic (exact) mass is 480 g/mol. The molecule has 0 saturated heterocycles. The summed E-state index contributed by atoms with van der Waals surface area (Å²) in [5.74, 6) is 0.494. The molecule has 0 spiro atoms. The van der Waals surface area contributed by atoms with Gasteiger partial charge in [-0.05, 0) is 39.7 Å². The number of anilines is 1. The van der Waals surface area contributed by atoms with Gasteiger partial charge < -0.3 is 5.32 Å². The van der Waals surface area contributed by atoms with Crippen LogP contribution >= 0.6 is 27.5 Å². The summed E-state index contributed by atoms with van der Waals surface area (Å²) in [7, 11) is 0. The highest BCUT2D eigenvalue weighted by molar-refractivity contribution is 9.10. The van der Waals surface area contributed by atoms with Crippen molar-refractivity contribution in [1.82, 2.24) is 14.4 Å². The highest BCUT2D eigenvalue weighted by Crippen LogP contribution is 2.31. The molecule has 0 radical (unpaired) electrons. The molecule has 2 heterocycles. The van der Waals surface area contributed by atoms with Crippen LogP contribution in [0, 0.1) is 0 Å². The van der Waals surface area contributed by atoms with Gasteiger partial charge in [0.05, 0.1) is 22.5 Å². The lowest BCUT2D eigenvalue weighted by molar-refractivity contribution is -0.137. The molecule has 2 aromatic heterocycles. The number of nitrogens with one attached hydrogen (secondary N) is 1. The first-order valence-corrected chi connectivity index (χ1v) is 9.68. The maximum atomic E-state index is 12.7. The molecule has 0 saturated carbocycles. The molecule has 0 aliphatic heterocycles. The van der Waals surface area contributed by atoms with E-state index in [0.29, 0.717) is 27.7 Å². The molecule has 4 rings (SSSR count). The van der Waals surface area contributed by atoms with Gasteiger partial charge in [0.1, 0.15) is 4.60 Å². The summed E-state index contributed by atoms with van der Waals surface area (Å²) in [6.07, 6.45) is -0.890. The number of halogens is 5. The second kappa shape index (κ2) is 7.68. The largest absolute Gasteiger partial charge is 0.416 e. The van der Waals surface area contributed by atoms with Gasteiger partial charge in [-0.15, -0.1) is 0 Å². The fourth-order valence-corrected chi connectivity index (χ4v) is 3.48. The Balaban J connectivity index is 1.67. The average Bonchev–Trinajstić information content (AvgIpc) is 3.07. The highest BCUT2D eigenvalue weighted by atomic mass is 79.9. The van der Waals surface area contributed by atoms with Crippen molar-refractivity contribution in [3.8, 4) is 11.3 Å².